The Hall–Kier alpha value is -4.77. The van der Waals surface area contributed by atoms with Gasteiger partial charge in [0.15, 0.2) is 5.58 Å². The molecule has 0 fully saturated rings. The van der Waals surface area contributed by atoms with E-state index in [9.17, 15) is 0 Å². The first kappa shape index (κ1) is 24.1. The summed E-state index contributed by atoms with van der Waals surface area (Å²) >= 11 is 8.41. The number of fused-ring (bicyclic) bond motifs is 6. The summed E-state index contributed by atoms with van der Waals surface area (Å²) in [5.74, 6) is 0. The molecule has 8 aromatic rings. The van der Waals surface area contributed by atoms with E-state index in [4.69, 9.17) is 16.0 Å². The smallest absolute Gasteiger partial charge is 0.159 e. The third-order valence-electron chi connectivity index (χ3n) is 7.47. The van der Waals surface area contributed by atoms with Crippen LogP contribution in [0.15, 0.2) is 138 Å². The number of rotatable bonds is 5. The van der Waals surface area contributed by atoms with Crippen molar-refractivity contribution >= 4 is 93.5 Å². The standard InChI is InChI=1S/C36H23ClN2OS/c37-23-20-30(38-24-10-3-1-4-11-24)35-29-15-9-16-31(36(29)40-32(35)21-23)39(25-12-5-2-6-13-25)26-18-19-28-27-14-7-8-17-33(27)41-34(28)22-26/h1-22,38H. The number of halogens is 1. The number of benzene rings is 6. The Morgan fingerprint density at radius 2 is 1.34 bits per heavy atom. The molecule has 3 nitrogen and oxygen atoms in total. The minimum atomic E-state index is 0.617. The molecule has 0 bridgehead atoms. The highest BCUT2D eigenvalue weighted by Gasteiger charge is 2.21. The van der Waals surface area contributed by atoms with Crippen molar-refractivity contribution in [3.05, 3.63) is 138 Å². The first-order valence-corrected chi connectivity index (χ1v) is 14.7. The van der Waals surface area contributed by atoms with E-state index in [2.05, 4.69) is 95.1 Å². The Morgan fingerprint density at radius 3 is 2.20 bits per heavy atom. The molecule has 6 aromatic carbocycles. The van der Waals surface area contributed by atoms with Crippen LogP contribution in [0.25, 0.3) is 42.1 Å². The molecule has 0 radical (unpaired) electrons. The molecule has 2 heterocycles. The summed E-state index contributed by atoms with van der Waals surface area (Å²) in [4.78, 5) is 2.28. The van der Waals surface area contributed by atoms with Crippen LogP contribution in [0.4, 0.5) is 28.4 Å². The molecule has 0 amide bonds. The first-order valence-electron chi connectivity index (χ1n) is 13.5. The normalized spacial score (nSPS) is 11.5. The molecule has 0 saturated carbocycles. The van der Waals surface area contributed by atoms with Gasteiger partial charge in [-0.2, -0.15) is 0 Å². The van der Waals surface area contributed by atoms with Gasteiger partial charge in [0.25, 0.3) is 0 Å². The highest BCUT2D eigenvalue weighted by atomic mass is 35.5. The van der Waals surface area contributed by atoms with Gasteiger partial charge in [0.2, 0.25) is 0 Å². The lowest BCUT2D eigenvalue weighted by molar-refractivity contribution is 0.669. The predicted molar refractivity (Wildman–Crippen MR) is 176 cm³/mol. The highest BCUT2D eigenvalue weighted by Crippen LogP contribution is 2.46. The van der Waals surface area contributed by atoms with Crippen LogP contribution in [-0.4, -0.2) is 0 Å². The summed E-state index contributed by atoms with van der Waals surface area (Å²) < 4.78 is 9.18. The predicted octanol–water partition coefficient (Wildman–Crippen LogP) is 11.8. The molecule has 0 unspecified atom stereocenters. The molecule has 0 saturated heterocycles. The van der Waals surface area contributed by atoms with Crippen molar-refractivity contribution in [3.63, 3.8) is 0 Å². The summed E-state index contributed by atoms with van der Waals surface area (Å²) in [5, 5.41) is 8.76. The number of anilines is 5. The lowest BCUT2D eigenvalue weighted by Gasteiger charge is -2.25. The average Bonchev–Trinajstić information content (AvgIpc) is 3.57. The van der Waals surface area contributed by atoms with Crippen LogP contribution in [0.5, 0.6) is 0 Å². The molecular formula is C36H23ClN2OS. The van der Waals surface area contributed by atoms with Crippen LogP contribution in [-0.2, 0) is 0 Å². The number of nitrogens with one attached hydrogen (secondary N) is 1. The van der Waals surface area contributed by atoms with Gasteiger partial charge >= 0.3 is 0 Å². The highest BCUT2D eigenvalue weighted by molar-refractivity contribution is 7.25. The number of hydrogen-bond donors (Lipinski definition) is 1. The molecule has 0 aliphatic rings. The second kappa shape index (κ2) is 9.70. The third-order valence-corrected chi connectivity index (χ3v) is 8.82. The van der Waals surface area contributed by atoms with E-state index in [0.29, 0.717) is 5.02 Å². The zero-order valence-corrected chi connectivity index (χ0v) is 23.4. The van der Waals surface area contributed by atoms with Crippen molar-refractivity contribution in [1.82, 2.24) is 0 Å². The lowest BCUT2D eigenvalue weighted by Crippen LogP contribution is -2.09. The second-order valence-corrected chi connectivity index (χ2v) is 11.5. The van der Waals surface area contributed by atoms with E-state index in [1.807, 2.05) is 59.9 Å². The molecule has 5 heteroatoms. The Morgan fingerprint density at radius 1 is 0.610 bits per heavy atom. The molecule has 0 spiro atoms. The van der Waals surface area contributed by atoms with Gasteiger partial charge in [-0.25, -0.2) is 0 Å². The van der Waals surface area contributed by atoms with Gasteiger partial charge in [-0.1, -0.05) is 84.4 Å². The van der Waals surface area contributed by atoms with Gasteiger partial charge in [0.05, 0.1) is 16.8 Å². The van der Waals surface area contributed by atoms with Crippen LogP contribution in [0.1, 0.15) is 0 Å². The van der Waals surface area contributed by atoms with Crippen LogP contribution in [0, 0.1) is 0 Å². The number of para-hydroxylation sites is 3. The molecular weight excluding hydrogens is 544 g/mol. The van der Waals surface area contributed by atoms with Crippen LogP contribution < -0.4 is 10.2 Å². The van der Waals surface area contributed by atoms with E-state index in [0.717, 1.165) is 50.4 Å². The minimum absolute atomic E-state index is 0.617. The van der Waals surface area contributed by atoms with Crippen molar-refractivity contribution in [1.29, 1.82) is 0 Å². The maximum absolute atomic E-state index is 6.64. The van der Waals surface area contributed by atoms with Crippen molar-refractivity contribution < 1.29 is 4.42 Å². The average molecular weight is 567 g/mol. The van der Waals surface area contributed by atoms with Crippen molar-refractivity contribution in [2.75, 3.05) is 10.2 Å². The molecule has 0 atom stereocenters. The molecule has 196 valence electrons. The van der Waals surface area contributed by atoms with Gasteiger partial charge in [0, 0.05) is 53.7 Å². The van der Waals surface area contributed by atoms with Crippen molar-refractivity contribution in [2.45, 2.75) is 0 Å². The van der Waals surface area contributed by atoms with E-state index in [1.165, 1.54) is 20.2 Å². The number of furan rings is 1. The van der Waals surface area contributed by atoms with E-state index < -0.39 is 0 Å². The third kappa shape index (κ3) is 4.12. The minimum Gasteiger partial charge on any atom is -0.454 e. The molecule has 8 rings (SSSR count). The number of nitrogens with zero attached hydrogens (tertiary/aromatic N) is 1. The molecule has 41 heavy (non-hydrogen) atoms. The fraction of sp³-hybridized carbons (Fsp3) is 0. The fourth-order valence-electron chi connectivity index (χ4n) is 5.69. The quantitative estimate of drug-likeness (QED) is 0.224. The van der Waals surface area contributed by atoms with E-state index >= 15 is 0 Å². The lowest BCUT2D eigenvalue weighted by atomic mass is 10.1. The number of hydrogen-bond acceptors (Lipinski definition) is 4. The summed E-state index contributed by atoms with van der Waals surface area (Å²) in [6, 6.07) is 46.1. The Balaban J connectivity index is 1.36. The largest absolute Gasteiger partial charge is 0.454 e. The Kier molecular flexibility index (Phi) is 5.69. The van der Waals surface area contributed by atoms with Gasteiger partial charge in [-0.05, 0) is 54.6 Å². The first-order chi connectivity index (χ1) is 20.2. The van der Waals surface area contributed by atoms with Crippen LogP contribution >= 0.6 is 22.9 Å². The maximum atomic E-state index is 6.64. The molecule has 2 aromatic heterocycles. The van der Waals surface area contributed by atoms with Gasteiger partial charge in [-0.3, -0.25) is 0 Å². The molecule has 0 aliphatic heterocycles. The summed E-state index contributed by atoms with van der Waals surface area (Å²) in [6.07, 6.45) is 0. The van der Waals surface area contributed by atoms with Crippen LogP contribution in [0.2, 0.25) is 5.02 Å². The molecule has 0 aliphatic carbocycles. The zero-order chi connectivity index (χ0) is 27.3. The SMILES string of the molecule is Clc1cc(Nc2ccccc2)c2c(c1)oc1c(N(c3ccccc3)c3ccc4c(c3)sc3ccccc34)cccc12. The fourth-order valence-corrected chi connectivity index (χ4v) is 7.04. The van der Waals surface area contributed by atoms with Crippen molar-refractivity contribution in [2.24, 2.45) is 0 Å². The molecule has 1 N–H and O–H groups in total. The second-order valence-electron chi connectivity index (χ2n) is 10.0. The Bertz CT molecular complexity index is 2200. The summed E-state index contributed by atoms with van der Waals surface area (Å²) in [7, 11) is 0. The number of thiophene rings is 1. The van der Waals surface area contributed by atoms with Gasteiger partial charge in [-0.15, -0.1) is 11.3 Å². The maximum Gasteiger partial charge on any atom is 0.159 e. The van der Waals surface area contributed by atoms with Gasteiger partial charge in [0.1, 0.15) is 5.58 Å². The summed E-state index contributed by atoms with van der Waals surface area (Å²) in [6.45, 7) is 0. The van der Waals surface area contributed by atoms with Gasteiger partial charge < -0.3 is 14.6 Å². The van der Waals surface area contributed by atoms with Crippen molar-refractivity contribution in [3.8, 4) is 0 Å². The summed E-state index contributed by atoms with van der Waals surface area (Å²) in [5.41, 5.74) is 6.54. The van der Waals surface area contributed by atoms with Crippen LogP contribution in [0.3, 0.4) is 0 Å². The Labute approximate surface area is 245 Å². The zero-order valence-electron chi connectivity index (χ0n) is 21.8. The van der Waals surface area contributed by atoms with E-state index in [1.54, 1.807) is 0 Å². The topological polar surface area (TPSA) is 28.4 Å². The monoisotopic (exact) mass is 566 g/mol. The van der Waals surface area contributed by atoms with E-state index in [-0.39, 0.29) is 0 Å².